The number of ether oxygens (including phenoxy) is 1. The molecule has 0 N–H and O–H groups in total. The van der Waals surface area contributed by atoms with Crippen molar-refractivity contribution in [3.8, 4) is 0 Å². The SMILES string of the molecule is CC(C)(C)CCC1(C(C)(C)C)COC1. The third-order valence-electron chi connectivity index (χ3n) is 3.70. The van der Waals surface area contributed by atoms with Gasteiger partial charge in [0.05, 0.1) is 13.2 Å². The van der Waals surface area contributed by atoms with Crippen LogP contribution in [0, 0.1) is 16.2 Å². The van der Waals surface area contributed by atoms with Gasteiger partial charge < -0.3 is 4.74 Å². The molecule has 0 saturated carbocycles. The summed E-state index contributed by atoms with van der Waals surface area (Å²) in [6.45, 7) is 15.9. The maximum atomic E-state index is 5.43. The molecule has 1 aliphatic rings. The van der Waals surface area contributed by atoms with Gasteiger partial charge in [-0.25, -0.2) is 0 Å². The van der Waals surface area contributed by atoms with E-state index in [9.17, 15) is 0 Å². The van der Waals surface area contributed by atoms with Gasteiger partial charge in [0.25, 0.3) is 0 Å². The molecule has 0 radical (unpaired) electrons. The van der Waals surface area contributed by atoms with Gasteiger partial charge in [0.15, 0.2) is 0 Å². The Kier molecular flexibility index (Phi) is 3.02. The van der Waals surface area contributed by atoms with Crippen molar-refractivity contribution in [2.24, 2.45) is 16.2 Å². The fourth-order valence-electron chi connectivity index (χ4n) is 1.92. The van der Waals surface area contributed by atoms with Crippen molar-refractivity contribution in [3.05, 3.63) is 0 Å². The second kappa shape index (κ2) is 3.52. The van der Waals surface area contributed by atoms with Crippen molar-refractivity contribution < 1.29 is 4.74 Å². The van der Waals surface area contributed by atoms with Crippen LogP contribution in [0.3, 0.4) is 0 Å². The molecule has 0 aromatic carbocycles. The molecule has 0 amide bonds. The van der Waals surface area contributed by atoms with Crippen LogP contribution in [-0.4, -0.2) is 13.2 Å². The van der Waals surface area contributed by atoms with E-state index in [1.807, 2.05) is 0 Å². The van der Waals surface area contributed by atoms with Crippen LogP contribution in [0.5, 0.6) is 0 Å². The lowest BCUT2D eigenvalue weighted by atomic mass is 9.61. The van der Waals surface area contributed by atoms with E-state index < -0.39 is 0 Å². The van der Waals surface area contributed by atoms with Crippen LogP contribution in [0.1, 0.15) is 54.4 Å². The molecular formula is C13H26O. The largest absolute Gasteiger partial charge is 0.380 e. The van der Waals surface area contributed by atoms with Crippen molar-refractivity contribution in [2.75, 3.05) is 13.2 Å². The first kappa shape index (κ1) is 12.0. The first-order chi connectivity index (χ1) is 6.16. The topological polar surface area (TPSA) is 9.23 Å². The molecule has 0 spiro atoms. The quantitative estimate of drug-likeness (QED) is 0.654. The second-order valence-corrected chi connectivity index (χ2v) is 7.08. The predicted octanol–water partition coefficient (Wildman–Crippen LogP) is 3.88. The van der Waals surface area contributed by atoms with Crippen molar-refractivity contribution in [1.82, 2.24) is 0 Å². The second-order valence-electron chi connectivity index (χ2n) is 7.08. The first-order valence-electron chi connectivity index (χ1n) is 5.74. The Morgan fingerprint density at radius 1 is 1.00 bits per heavy atom. The Labute approximate surface area is 89.2 Å². The highest BCUT2D eigenvalue weighted by Gasteiger charge is 2.47. The van der Waals surface area contributed by atoms with E-state index in [-0.39, 0.29) is 0 Å². The zero-order chi connectivity index (χ0) is 11.0. The van der Waals surface area contributed by atoms with Crippen molar-refractivity contribution in [2.45, 2.75) is 54.4 Å². The molecule has 1 rings (SSSR count). The summed E-state index contributed by atoms with van der Waals surface area (Å²) in [5.41, 5.74) is 1.28. The summed E-state index contributed by atoms with van der Waals surface area (Å²) in [5, 5.41) is 0. The van der Waals surface area contributed by atoms with Crippen molar-refractivity contribution in [3.63, 3.8) is 0 Å². The third kappa shape index (κ3) is 2.50. The monoisotopic (exact) mass is 198 g/mol. The van der Waals surface area contributed by atoms with E-state index in [1.54, 1.807) is 0 Å². The third-order valence-corrected chi connectivity index (χ3v) is 3.70. The highest BCUT2D eigenvalue weighted by atomic mass is 16.5. The van der Waals surface area contributed by atoms with Crippen molar-refractivity contribution >= 4 is 0 Å². The molecule has 0 aromatic heterocycles. The lowest BCUT2D eigenvalue weighted by Gasteiger charge is -2.52. The summed E-state index contributed by atoms with van der Waals surface area (Å²) in [7, 11) is 0. The lowest BCUT2D eigenvalue weighted by Crippen LogP contribution is -2.52. The zero-order valence-corrected chi connectivity index (χ0v) is 10.7. The highest BCUT2D eigenvalue weighted by Crippen LogP contribution is 2.49. The van der Waals surface area contributed by atoms with Gasteiger partial charge in [-0.1, -0.05) is 41.5 Å². The maximum absolute atomic E-state index is 5.43. The molecule has 1 heterocycles. The summed E-state index contributed by atoms with van der Waals surface area (Å²) in [5.74, 6) is 0. The Morgan fingerprint density at radius 3 is 1.71 bits per heavy atom. The smallest absolute Gasteiger partial charge is 0.0549 e. The minimum atomic E-state index is 0.385. The van der Waals surface area contributed by atoms with Gasteiger partial charge in [-0.3, -0.25) is 0 Å². The van der Waals surface area contributed by atoms with E-state index in [2.05, 4.69) is 41.5 Å². The summed E-state index contributed by atoms with van der Waals surface area (Å²) < 4.78 is 5.43. The molecule has 1 heteroatoms. The average molecular weight is 198 g/mol. The van der Waals surface area contributed by atoms with Gasteiger partial charge in [0.2, 0.25) is 0 Å². The van der Waals surface area contributed by atoms with Gasteiger partial charge in [-0.05, 0) is 23.7 Å². The van der Waals surface area contributed by atoms with E-state index in [1.165, 1.54) is 12.8 Å². The van der Waals surface area contributed by atoms with Crippen LogP contribution in [0.2, 0.25) is 0 Å². The molecule has 0 aliphatic carbocycles. The minimum Gasteiger partial charge on any atom is -0.380 e. The molecule has 1 fully saturated rings. The Morgan fingerprint density at radius 2 is 1.50 bits per heavy atom. The highest BCUT2D eigenvalue weighted by molar-refractivity contribution is 4.95. The number of hydrogen-bond acceptors (Lipinski definition) is 1. The Balaban J connectivity index is 2.56. The van der Waals surface area contributed by atoms with Crippen LogP contribution in [0.15, 0.2) is 0 Å². The molecule has 14 heavy (non-hydrogen) atoms. The van der Waals surface area contributed by atoms with E-state index in [4.69, 9.17) is 4.74 Å². The van der Waals surface area contributed by atoms with Crippen molar-refractivity contribution in [1.29, 1.82) is 0 Å². The molecule has 1 nitrogen and oxygen atoms in total. The Bertz CT molecular complexity index is 188. The molecule has 84 valence electrons. The normalized spacial score (nSPS) is 21.9. The summed E-state index contributed by atoms with van der Waals surface area (Å²) in [4.78, 5) is 0. The van der Waals surface area contributed by atoms with Crippen LogP contribution in [0.4, 0.5) is 0 Å². The Hall–Kier alpha value is -0.0400. The predicted molar refractivity (Wildman–Crippen MR) is 61.4 cm³/mol. The molecule has 0 unspecified atom stereocenters. The molecule has 1 aliphatic heterocycles. The molecule has 0 bridgehead atoms. The molecular weight excluding hydrogens is 172 g/mol. The van der Waals surface area contributed by atoms with Gasteiger partial charge in [0, 0.05) is 5.41 Å². The zero-order valence-electron chi connectivity index (χ0n) is 10.7. The van der Waals surface area contributed by atoms with Gasteiger partial charge in [-0.15, -0.1) is 0 Å². The van der Waals surface area contributed by atoms with E-state index in [0.717, 1.165) is 13.2 Å². The van der Waals surface area contributed by atoms with Crippen LogP contribution >= 0.6 is 0 Å². The summed E-state index contributed by atoms with van der Waals surface area (Å²) >= 11 is 0. The van der Waals surface area contributed by atoms with E-state index in [0.29, 0.717) is 16.2 Å². The molecule has 1 saturated heterocycles. The summed E-state index contributed by atoms with van der Waals surface area (Å²) in [6.07, 6.45) is 2.60. The van der Waals surface area contributed by atoms with E-state index >= 15 is 0 Å². The number of rotatable bonds is 2. The van der Waals surface area contributed by atoms with Gasteiger partial charge in [0.1, 0.15) is 0 Å². The average Bonchev–Trinajstić information content (AvgIpc) is 1.77. The maximum Gasteiger partial charge on any atom is 0.0549 e. The minimum absolute atomic E-state index is 0.385. The van der Waals surface area contributed by atoms with Crippen LogP contribution < -0.4 is 0 Å². The van der Waals surface area contributed by atoms with Gasteiger partial charge in [-0.2, -0.15) is 0 Å². The fraction of sp³-hybridized carbons (Fsp3) is 1.00. The first-order valence-corrected chi connectivity index (χ1v) is 5.74. The number of hydrogen-bond donors (Lipinski definition) is 0. The summed E-state index contributed by atoms with van der Waals surface area (Å²) in [6, 6.07) is 0. The van der Waals surface area contributed by atoms with Gasteiger partial charge >= 0.3 is 0 Å². The fourth-order valence-corrected chi connectivity index (χ4v) is 1.92. The lowest BCUT2D eigenvalue weighted by molar-refractivity contribution is -0.177. The van der Waals surface area contributed by atoms with Crippen LogP contribution in [-0.2, 0) is 4.74 Å². The molecule has 0 aromatic rings. The molecule has 0 atom stereocenters. The van der Waals surface area contributed by atoms with Crippen LogP contribution in [0.25, 0.3) is 0 Å². The standard InChI is InChI=1S/C13H26O/c1-11(2,3)7-8-13(9-14-10-13)12(4,5)6/h7-10H2,1-6H3.